The van der Waals surface area contributed by atoms with Crippen LogP contribution in [0.4, 0.5) is 0 Å². The maximum Gasteiger partial charge on any atom is 0.279 e. The van der Waals surface area contributed by atoms with Crippen LogP contribution >= 0.6 is 0 Å². The van der Waals surface area contributed by atoms with Crippen molar-refractivity contribution in [2.24, 2.45) is 0 Å². The molecule has 0 fully saturated rings. The van der Waals surface area contributed by atoms with Crippen LogP contribution in [0.25, 0.3) is 16.6 Å². The molecule has 124 valence electrons. The number of rotatable bonds is 3. The van der Waals surface area contributed by atoms with Crippen LogP contribution in [0.3, 0.4) is 0 Å². The van der Waals surface area contributed by atoms with E-state index < -0.39 is 0 Å². The first-order valence-corrected chi connectivity index (χ1v) is 8.46. The Morgan fingerprint density at radius 1 is 0.800 bits per heavy atom. The van der Waals surface area contributed by atoms with E-state index in [1.165, 1.54) is 16.7 Å². The average Bonchev–Trinajstić information content (AvgIpc) is 2.87. The molecule has 25 heavy (non-hydrogen) atoms. The molecule has 0 bridgehead atoms. The van der Waals surface area contributed by atoms with Crippen LogP contribution in [-0.2, 0) is 6.54 Å². The lowest BCUT2D eigenvalue weighted by Gasteiger charge is -2.14. The molecular weight excluding hydrogens is 308 g/mol. The normalized spacial score (nSPS) is 11.1. The molecule has 0 aliphatic carbocycles. The third kappa shape index (κ3) is 2.78. The molecule has 0 atom stereocenters. The van der Waals surface area contributed by atoms with Gasteiger partial charge in [0.2, 0.25) is 0 Å². The van der Waals surface area contributed by atoms with Crippen LogP contribution in [-0.4, -0.2) is 9.36 Å². The summed E-state index contributed by atoms with van der Waals surface area (Å²) in [5.41, 5.74) is 5.53. The second-order valence-corrected chi connectivity index (χ2v) is 6.52. The Kier molecular flexibility index (Phi) is 3.77. The lowest BCUT2D eigenvalue weighted by atomic mass is 10.1. The minimum Gasteiger partial charge on any atom is -0.273 e. The van der Waals surface area contributed by atoms with Gasteiger partial charge in [-0.3, -0.25) is 9.48 Å². The Balaban J connectivity index is 1.97. The average molecular weight is 328 g/mol. The highest BCUT2D eigenvalue weighted by atomic mass is 16.1. The molecule has 3 aromatic carbocycles. The maximum absolute atomic E-state index is 13.0. The van der Waals surface area contributed by atoms with Crippen LogP contribution < -0.4 is 5.56 Å². The predicted octanol–water partition coefficient (Wildman–Crippen LogP) is 4.46. The van der Waals surface area contributed by atoms with Crippen LogP contribution in [0.5, 0.6) is 0 Å². The molecule has 0 aliphatic heterocycles. The van der Waals surface area contributed by atoms with E-state index in [2.05, 4.69) is 36.7 Å². The van der Waals surface area contributed by atoms with E-state index in [9.17, 15) is 4.79 Å². The van der Waals surface area contributed by atoms with E-state index in [-0.39, 0.29) is 5.56 Å². The summed E-state index contributed by atoms with van der Waals surface area (Å²) in [5, 5.41) is 0.746. The first kappa shape index (κ1) is 15.5. The summed E-state index contributed by atoms with van der Waals surface area (Å²) in [7, 11) is 0. The molecule has 1 aromatic heterocycles. The quantitative estimate of drug-likeness (QED) is 0.545. The zero-order valence-electron chi connectivity index (χ0n) is 14.4. The summed E-state index contributed by atoms with van der Waals surface area (Å²) in [5.74, 6) is 0. The Hall–Kier alpha value is -3.07. The molecule has 0 amide bonds. The van der Waals surface area contributed by atoms with E-state index in [1.807, 2.05) is 54.6 Å². The van der Waals surface area contributed by atoms with Gasteiger partial charge >= 0.3 is 0 Å². The molecule has 4 rings (SSSR count). The van der Waals surface area contributed by atoms with Crippen molar-refractivity contribution in [3.05, 3.63) is 99.8 Å². The molecule has 0 unspecified atom stereocenters. The van der Waals surface area contributed by atoms with E-state index in [4.69, 9.17) is 0 Å². The van der Waals surface area contributed by atoms with E-state index >= 15 is 0 Å². The minimum absolute atomic E-state index is 0.0196. The number of para-hydroxylation sites is 2. The lowest BCUT2D eigenvalue weighted by molar-refractivity contribution is 0.612. The highest BCUT2D eigenvalue weighted by Crippen LogP contribution is 2.18. The maximum atomic E-state index is 13.0. The highest BCUT2D eigenvalue weighted by molar-refractivity contribution is 5.79. The third-order valence-corrected chi connectivity index (χ3v) is 4.46. The topological polar surface area (TPSA) is 26.9 Å². The molecule has 3 heteroatoms. The molecule has 1 heterocycles. The van der Waals surface area contributed by atoms with Gasteiger partial charge in [-0.25, -0.2) is 4.68 Å². The number of aromatic nitrogens is 2. The van der Waals surface area contributed by atoms with Crippen LogP contribution in [0.1, 0.15) is 16.7 Å². The standard InChI is InChI=1S/C22H20N2O/c1-16-12-17(2)14-18(13-16)15-23-21-11-7-6-10-20(21)22(25)24(23)19-8-4-3-5-9-19/h3-14H,15H2,1-2H3. The summed E-state index contributed by atoms with van der Waals surface area (Å²) in [4.78, 5) is 13.0. The predicted molar refractivity (Wildman–Crippen MR) is 103 cm³/mol. The molecule has 0 N–H and O–H groups in total. The van der Waals surface area contributed by atoms with Crippen LogP contribution in [0, 0.1) is 13.8 Å². The van der Waals surface area contributed by atoms with Crippen molar-refractivity contribution >= 4 is 10.9 Å². The summed E-state index contributed by atoms with van der Waals surface area (Å²) in [6.45, 7) is 4.86. The minimum atomic E-state index is 0.0196. The third-order valence-electron chi connectivity index (χ3n) is 4.46. The first-order valence-electron chi connectivity index (χ1n) is 8.46. The molecule has 0 radical (unpaired) electrons. The number of hydrogen-bond acceptors (Lipinski definition) is 1. The van der Waals surface area contributed by atoms with Crippen molar-refractivity contribution in [2.45, 2.75) is 20.4 Å². The van der Waals surface area contributed by atoms with Crippen LogP contribution in [0.15, 0.2) is 77.6 Å². The molecule has 0 saturated carbocycles. The van der Waals surface area contributed by atoms with Gasteiger partial charge in [0.15, 0.2) is 0 Å². The summed E-state index contributed by atoms with van der Waals surface area (Å²) >= 11 is 0. The molecule has 0 aliphatic rings. The van der Waals surface area contributed by atoms with Crippen molar-refractivity contribution in [1.82, 2.24) is 9.36 Å². The Morgan fingerprint density at radius 3 is 2.16 bits per heavy atom. The molecule has 3 nitrogen and oxygen atoms in total. The largest absolute Gasteiger partial charge is 0.279 e. The van der Waals surface area contributed by atoms with Crippen molar-refractivity contribution in [1.29, 1.82) is 0 Å². The van der Waals surface area contributed by atoms with Gasteiger partial charge in [0.25, 0.3) is 5.56 Å². The molecular formula is C22H20N2O. The van der Waals surface area contributed by atoms with Gasteiger partial charge in [-0.15, -0.1) is 0 Å². The molecule has 0 spiro atoms. The molecule has 0 saturated heterocycles. The Bertz CT molecular complexity index is 1080. The second-order valence-electron chi connectivity index (χ2n) is 6.52. The zero-order chi connectivity index (χ0) is 17.4. The molecule has 4 aromatic rings. The zero-order valence-corrected chi connectivity index (χ0v) is 14.4. The number of fused-ring (bicyclic) bond motifs is 1. The van der Waals surface area contributed by atoms with E-state index in [1.54, 1.807) is 4.68 Å². The fourth-order valence-corrected chi connectivity index (χ4v) is 3.53. The van der Waals surface area contributed by atoms with E-state index in [0.29, 0.717) is 6.54 Å². The summed E-state index contributed by atoms with van der Waals surface area (Å²) < 4.78 is 3.85. The van der Waals surface area contributed by atoms with Gasteiger partial charge in [0, 0.05) is 0 Å². The second kappa shape index (κ2) is 6.10. The lowest BCUT2D eigenvalue weighted by Crippen LogP contribution is -2.21. The van der Waals surface area contributed by atoms with Crippen molar-refractivity contribution < 1.29 is 0 Å². The van der Waals surface area contributed by atoms with Gasteiger partial charge in [0.05, 0.1) is 23.1 Å². The fourth-order valence-electron chi connectivity index (χ4n) is 3.53. The SMILES string of the molecule is Cc1cc(C)cc(Cn2c3ccccc3c(=O)n2-c2ccccc2)c1. The van der Waals surface area contributed by atoms with E-state index in [0.717, 1.165) is 16.6 Å². The fraction of sp³-hybridized carbons (Fsp3) is 0.136. The number of hydrogen-bond donors (Lipinski definition) is 0. The summed E-state index contributed by atoms with van der Waals surface area (Å²) in [6, 6.07) is 24.2. The smallest absolute Gasteiger partial charge is 0.273 e. The van der Waals surface area contributed by atoms with Crippen molar-refractivity contribution in [3.63, 3.8) is 0 Å². The number of nitrogens with zero attached hydrogens (tertiary/aromatic N) is 2. The Labute approximate surface area is 146 Å². The monoisotopic (exact) mass is 328 g/mol. The van der Waals surface area contributed by atoms with Gasteiger partial charge in [-0.2, -0.15) is 0 Å². The van der Waals surface area contributed by atoms with Crippen LogP contribution in [0.2, 0.25) is 0 Å². The van der Waals surface area contributed by atoms with Gasteiger partial charge < -0.3 is 0 Å². The van der Waals surface area contributed by atoms with Gasteiger partial charge in [-0.1, -0.05) is 59.7 Å². The first-order chi connectivity index (χ1) is 12.1. The summed E-state index contributed by atoms with van der Waals surface area (Å²) in [6.07, 6.45) is 0. The van der Waals surface area contributed by atoms with Crippen molar-refractivity contribution in [3.8, 4) is 5.69 Å². The van der Waals surface area contributed by atoms with Gasteiger partial charge in [-0.05, 0) is 43.7 Å². The highest BCUT2D eigenvalue weighted by Gasteiger charge is 2.14. The number of benzene rings is 3. The van der Waals surface area contributed by atoms with Crippen molar-refractivity contribution in [2.75, 3.05) is 0 Å². The number of aryl methyl sites for hydroxylation is 2. The van der Waals surface area contributed by atoms with Gasteiger partial charge in [0.1, 0.15) is 0 Å². The Morgan fingerprint density at radius 2 is 1.44 bits per heavy atom.